The molecule has 15 heavy (non-hydrogen) atoms. The van der Waals surface area contributed by atoms with E-state index in [2.05, 4.69) is 80.2 Å². The second-order valence-corrected chi connectivity index (χ2v) is 8.02. The van der Waals surface area contributed by atoms with Gasteiger partial charge in [-0.05, 0) is 6.08 Å². The highest BCUT2D eigenvalue weighted by molar-refractivity contribution is 9.14. The first kappa shape index (κ1) is 15.6. The van der Waals surface area contributed by atoms with Gasteiger partial charge in [-0.3, -0.25) is 0 Å². The van der Waals surface area contributed by atoms with Gasteiger partial charge >= 0.3 is 0 Å². The molecule has 4 heteroatoms. The summed E-state index contributed by atoms with van der Waals surface area (Å²) < 4.78 is 3.17. The quantitative estimate of drug-likeness (QED) is 0.531. The van der Waals surface area contributed by atoms with Crippen LogP contribution in [-0.4, -0.2) is 69.2 Å². The Labute approximate surface area is 111 Å². The molecule has 1 atom stereocenters. The average molecular weight is 344 g/mol. The third-order valence-corrected chi connectivity index (χ3v) is 4.11. The van der Waals surface area contributed by atoms with E-state index in [0.29, 0.717) is 4.83 Å². The summed E-state index contributed by atoms with van der Waals surface area (Å²) in [5.74, 6) is 0. The molecule has 90 valence electrons. The molecule has 1 unspecified atom stereocenters. The van der Waals surface area contributed by atoms with Gasteiger partial charge in [-0.25, -0.2) is 0 Å². The van der Waals surface area contributed by atoms with Gasteiger partial charge in [0.15, 0.2) is 0 Å². The zero-order chi connectivity index (χ0) is 12.3. The maximum absolute atomic E-state index is 3.71. The predicted octanol–water partition coefficient (Wildman–Crippen LogP) is 2.44. The van der Waals surface area contributed by atoms with Crippen molar-refractivity contribution in [2.75, 3.05) is 55.4 Å². The number of halogens is 2. The maximum Gasteiger partial charge on any atom is 0.0978 e. The van der Waals surface area contributed by atoms with E-state index in [1.807, 2.05) is 0 Å². The first-order valence-electron chi connectivity index (χ1n) is 5.12. The van der Waals surface area contributed by atoms with Gasteiger partial charge in [0, 0.05) is 4.48 Å². The number of rotatable bonds is 5. The van der Waals surface area contributed by atoms with E-state index in [1.165, 1.54) is 4.48 Å². The summed E-state index contributed by atoms with van der Waals surface area (Å²) in [6.45, 7) is 2.12. The van der Waals surface area contributed by atoms with Crippen LogP contribution < -0.4 is 0 Å². The number of quaternary nitrogens is 2. The minimum atomic E-state index is 0.407. The first-order chi connectivity index (χ1) is 6.51. The van der Waals surface area contributed by atoms with Crippen molar-refractivity contribution < 1.29 is 8.97 Å². The van der Waals surface area contributed by atoms with Gasteiger partial charge < -0.3 is 8.97 Å². The van der Waals surface area contributed by atoms with Crippen molar-refractivity contribution in [3.05, 3.63) is 10.6 Å². The van der Waals surface area contributed by atoms with Gasteiger partial charge in [0.25, 0.3) is 0 Å². The van der Waals surface area contributed by atoms with Crippen LogP contribution in [0.25, 0.3) is 0 Å². The van der Waals surface area contributed by atoms with E-state index in [-0.39, 0.29) is 0 Å². The molecule has 0 rings (SSSR count). The summed E-state index contributed by atoms with van der Waals surface area (Å²) in [6.07, 6.45) is 2.26. The predicted molar refractivity (Wildman–Crippen MR) is 75.5 cm³/mol. The van der Waals surface area contributed by atoms with Crippen LogP contribution in [0.2, 0.25) is 0 Å². The van der Waals surface area contributed by atoms with Gasteiger partial charge in [0.1, 0.15) is 0 Å². The van der Waals surface area contributed by atoms with Crippen LogP contribution in [0.1, 0.15) is 0 Å². The molecule has 0 saturated heterocycles. The van der Waals surface area contributed by atoms with Crippen molar-refractivity contribution >= 4 is 31.9 Å². The third-order valence-electron chi connectivity index (χ3n) is 1.84. The number of hydrogen-bond acceptors (Lipinski definition) is 0. The molecule has 0 radical (unpaired) electrons. The fourth-order valence-electron chi connectivity index (χ4n) is 1.06. The van der Waals surface area contributed by atoms with Crippen LogP contribution in [-0.2, 0) is 0 Å². The molecule has 0 aliphatic rings. The number of hydrogen-bond donors (Lipinski definition) is 0. The molecular formula is C11H24Br2N2+2. The molecule has 0 heterocycles. The molecule has 0 aromatic carbocycles. The second-order valence-electron chi connectivity index (χ2n) is 6.00. The Morgan fingerprint density at radius 1 is 1.07 bits per heavy atom. The van der Waals surface area contributed by atoms with E-state index in [9.17, 15) is 0 Å². The monoisotopic (exact) mass is 342 g/mol. The van der Waals surface area contributed by atoms with Crippen LogP contribution in [0.15, 0.2) is 10.6 Å². The number of likely N-dealkylation sites (N-methyl/N-ethyl adjacent to an activating group) is 1. The molecule has 2 nitrogen and oxygen atoms in total. The summed E-state index contributed by atoms with van der Waals surface area (Å²) in [5.41, 5.74) is 0. The fraction of sp³-hybridized carbons (Fsp3) is 0.818. The van der Waals surface area contributed by atoms with Crippen LogP contribution in [0, 0.1) is 0 Å². The standard InChI is InChI=1S/C11H24Br2N2/c1-14(2,3)8-7-10(12)11(13)9-15(4,5)6/h7,11H,8-9H2,1-6H3/q+2/b10-7-. The molecule has 0 N–H and O–H groups in total. The van der Waals surface area contributed by atoms with Gasteiger partial charge in [-0.15, -0.1) is 0 Å². The minimum absolute atomic E-state index is 0.407. The molecule has 0 fully saturated rings. The van der Waals surface area contributed by atoms with Crippen molar-refractivity contribution in [3.8, 4) is 0 Å². The average Bonchev–Trinajstić information content (AvgIpc) is 1.95. The fourth-order valence-corrected chi connectivity index (χ4v) is 2.40. The van der Waals surface area contributed by atoms with Crippen LogP contribution in [0.3, 0.4) is 0 Å². The largest absolute Gasteiger partial charge is 0.330 e. The smallest absolute Gasteiger partial charge is 0.0978 e. The number of nitrogens with zero attached hydrogens (tertiary/aromatic N) is 2. The molecule has 0 aromatic rings. The minimum Gasteiger partial charge on any atom is -0.330 e. The summed E-state index contributed by atoms with van der Waals surface area (Å²) in [5, 5.41) is 0. The maximum atomic E-state index is 3.71. The lowest BCUT2D eigenvalue weighted by atomic mass is 10.3. The zero-order valence-electron chi connectivity index (χ0n) is 10.7. The molecule has 0 aliphatic carbocycles. The van der Waals surface area contributed by atoms with Crippen LogP contribution in [0.5, 0.6) is 0 Å². The van der Waals surface area contributed by atoms with E-state index >= 15 is 0 Å². The zero-order valence-corrected chi connectivity index (χ0v) is 13.9. The topological polar surface area (TPSA) is 0 Å². The highest BCUT2D eigenvalue weighted by atomic mass is 79.9. The van der Waals surface area contributed by atoms with E-state index in [0.717, 1.165) is 22.1 Å². The van der Waals surface area contributed by atoms with Crippen molar-refractivity contribution in [1.29, 1.82) is 0 Å². The Balaban J connectivity index is 4.26. The molecule has 0 spiro atoms. The Morgan fingerprint density at radius 3 is 1.87 bits per heavy atom. The lowest BCUT2D eigenvalue weighted by Gasteiger charge is -2.27. The summed E-state index contributed by atoms with van der Waals surface area (Å²) in [7, 11) is 13.2. The van der Waals surface area contributed by atoms with Crippen molar-refractivity contribution in [2.45, 2.75) is 4.83 Å². The van der Waals surface area contributed by atoms with E-state index in [1.54, 1.807) is 0 Å². The molecule has 0 saturated carbocycles. The molecule has 0 bridgehead atoms. The lowest BCUT2D eigenvalue weighted by Crippen LogP contribution is -2.40. The normalized spacial score (nSPS) is 16.7. The Kier molecular flexibility index (Phi) is 6.04. The van der Waals surface area contributed by atoms with Gasteiger partial charge in [-0.1, -0.05) is 31.9 Å². The summed E-state index contributed by atoms with van der Waals surface area (Å²) in [6, 6.07) is 0. The van der Waals surface area contributed by atoms with Gasteiger partial charge in [0.05, 0.1) is 60.2 Å². The summed E-state index contributed by atoms with van der Waals surface area (Å²) >= 11 is 7.35. The van der Waals surface area contributed by atoms with Gasteiger partial charge in [-0.2, -0.15) is 0 Å². The third kappa shape index (κ3) is 9.54. The van der Waals surface area contributed by atoms with Crippen molar-refractivity contribution in [2.24, 2.45) is 0 Å². The lowest BCUT2D eigenvalue weighted by molar-refractivity contribution is -0.869. The Bertz CT molecular complexity index is 224. The molecule has 0 aliphatic heterocycles. The van der Waals surface area contributed by atoms with Crippen molar-refractivity contribution in [1.82, 2.24) is 0 Å². The second kappa shape index (κ2) is 5.80. The summed E-state index contributed by atoms with van der Waals surface area (Å²) in [4.78, 5) is 0.407. The SMILES string of the molecule is C[N+](C)(C)C/C=C(\Br)C(Br)C[N+](C)(C)C. The van der Waals surface area contributed by atoms with E-state index < -0.39 is 0 Å². The Morgan fingerprint density at radius 2 is 1.53 bits per heavy atom. The highest BCUT2D eigenvalue weighted by Gasteiger charge is 2.18. The van der Waals surface area contributed by atoms with Gasteiger partial charge in [0.2, 0.25) is 0 Å². The first-order valence-corrected chi connectivity index (χ1v) is 6.83. The van der Waals surface area contributed by atoms with Crippen molar-refractivity contribution in [3.63, 3.8) is 0 Å². The van der Waals surface area contributed by atoms with E-state index in [4.69, 9.17) is 0 Å². The van der Waals surface area contributed by atoms with Crippen LogP contribution >= 0.6 is 31.9 Å². The Hall–Kier alpha value is 0.620. The molecular weight excluding hydrogens is 320 g/mol. The number of alkyl halides is 1. The molecule has 0 aromatic heterocycles. The highest BCUT2D eigenvalue weighted by Crippen LogP contribution is 2.21. The molecule has 0 amide bonds. The van der Waals surface area contributed by atoms with Crippen LogP contribution in [0.4, 0.5) is 0 Å².